The van der Waals surface area contributed by atoms with Crippen molar-refractivity contribution in [2.75, 3.05) is 14.1 Å². The van der Waals surface area contributed by atoms with E-state index in [1.54, 1.807) is 13.0 Å². The number of amides is 1. The molecule has 0 aliphatic rings. The molecule has 1 rings (SSSR count). The SMILES string of the molecule is C=C(C)C(=O)NC(CC)[N+](C)(C)Cc1cc(OS(=O)(=O)[O-])ccc1C. The van der Waals surface area contributed by atoms with Crippen LogP contribution in [-0.4, -0.2) is 43.6 Å². The van der Waals surface area contributed by atoms with E-state index in [4.69, 9.17) is 0 Å². The van der Waals surface area contributed by atoms with Gasteiger partial charge in [-0.15, -0.1) is 0 Å². The van der Waals surface area contributed by atoms with Crippen molar-refractivity contribution in [2.24, 2.45) is 0 Å². The lowest BCUT2D eigenvalue weighted by molar-refractivity contribution is -0.930. The monoisotopic (exact) mass is 370 g/mol. The molecule has 0 heterocycles. The Morgan fingerprint density at radius 1 is 1.40 bits per heavy atom. The topological polar surface area (TPSA) is 95.5 Å². The van der Waals surface area contributed by atoms with Crippen LogP contribution in [0.2, 0.25) is 0 Å². The number of aryl methyl sites for hydroxylation is 1. The molecule has 0 radical (unpaired) electrons. The number of rotatable bonds is 8. The lowest BCUT2D eigenvalue weighted by Crippen LogP contribution is -2.56. The molecular weight excluding hydrogens is 344 g/mol. The average molecular weight is 370 g/mol. The Labute approximate surface area is 149 Å². The van der Waals surface area contributed by atoms with Crippen LogP contribution in [0.4, 0.5) is 0 Å². The van der Waals surface area contributed by atoms with E-state index >= 15 is 0 Å². The molecule has 0 aliphatic carbocycles. The van der Waals surface area contributed by atoms with Gasteiger partial charge in [0.25, 0.3) is 16.3 Å². The first-order valence-electron chi connectivity index (χ1n) is 7.89. The molecule has 1 amide bonds. The highest BCUT2D eigenvalue weighted by Crippen LogP contribution is 2.23. The molecule has 0 fully saturated rings. The van der Waals surface area contributed by atoms with Crippen LogP contribution in [0.1, 0.15) is 31.4 Å². The lowest BCUT2D eigenvalue weighted by Gasteiger charge is -2.38. The van der Waals surface area contributed by atoms with Gasteiger partial charge in [-0.1, -0.05) is 19.6 Å². The maximum absolute atomic E-state index is 11.9. The van der Waals surface area contributed by atoms with Crippen molar-refractivity contribution in [1.29, 1.82) is 0 Å². The van der Waals surface area contributed by atoms with Crippen molar-refractivity contribution < 1.29 is 26.4 Å². The first kappa shape index (κ1) is 21.1. The second kappa shape index (κ2) is 7.99. The highest BCUT2D eigenvalue weighted by molar-refractivity contribution is 7.81. The first-order chi connectivity index (χ1) is 11.4. The van der Waals surface area contributed by atoms with Crippen molar-refractivity contribution in [2.45, 2.75) is 39.9 Å². The molecular formula is C17H26N2O5S. The average Bonchev–Trinajstić information content (AvgIpc) is 2.45. The molecule has 1 aromatic rings. The zero-order chi connectivity index (χ0) is 19.4. The van der Waals surface area contributed by atoms with E-state index in [-0.39, 0.29) is 17.8 Å². The zero-order valence-corrected chi connectivity index (χ0v) is 16.1. The molecule has 0 saturated carbocycles. The number of hydrogen-bond acceptors (Lipinski definition) is 5. The fourth-order valence-electron chi connectivity index (χ4n) is 2.58. The van der Waals surface area contributed by atoms with Crippen LogP contribution in [0.3, 0.4) is 0 Å². The zero-order valence-electron chi connectivity index (χ0n) is 15.3. The van der Waals surface area contributed by atoms with Crippen LogP contribution >= 0.6 is 0 Å². The maximum atomic E-state index is 11.9. The Balaban J connectivity index is 3.06. The first-order valence-corrected chi connectivity index (χ1v) is 9.23. The van der Waals surface area contributed by atoms with Crippen LogP contribution in [0.5, 0.6) is 5.75 Å². The van der Waals surface area contributed by atoms with Crippen LogP contribution in [0, 0.1) is 6.92 Å². The summed E-state index contributed by atoms with van der Waals surface area (Å²) >= 11 is 0. The van der Waals surface area contributed by atoms with Gasteiger partial charge in [0.05, 0.1) is 14.1 Å². The van der Waals surface area contributed by atoms with E-state index in [2.05, 4.69) is 16.1 Å². The molecule has 1 N–H and O–H groups in total. The Morgan fingerprint density at radius 3 is 2.48 bits per heavy atom. The van der Waals surface area contributed by atoms with Gasteiger partial charge >= 0.3 is 0 Å². The molecule has 0 aliphatic heterocycles. The van der Waals surface area contributed by atoms with Crippen molar-refractivity contribution in [1.82, 2.24) is 5.32 Å². The van der Waals surface area contributed by atoms with Crippen molar-refractivity contribution in [3.63, 3.8) is 0 Å². The second-order valence-corrected chi connectivity index (χ2v) is 7.68. The predicted molar refractivity (Wildman–Crippen MR) is 94.4 cm³/mol. The minimum absolute atomic E-state index is 0.0189. The number of carbonyl (C=O) groups excluding carboxylic acids is 1. The van der Waals surface area contributed by atoms with Gasteiger partial charge in [0.2, 0.25) is 0 Å². The normalized spacial score (nSPS) is 13.2. The summed E-state index contributed by atoms with van der Waals surface area (Å²) in [6.45, 7) is 9.67. The van der Waals surface area contributed by atoms with Gasteiger partial charge in [0, 0.05) is 17.6 Å². The molecule has 1 unspecified atom stereocenters. The summed E-state index contributed by atoms with van der Waals surface area (Å²) in [4.78, 5) is 11.9. The molecule has 0 aromatic heterocycles. The molecule has 0 bridgehead atoms. The third-order valence-electron chi connectivity index (χ3n) is 4.01. The van der Waals surface area contributed by atoms with E-state index in [1.165, 1.54) is 12.1 Å². The Kier molecular flexibility index (Phi) is 6.75. The van der Waals surface area contributed by atoms with E-state index < -0.39 is 10.4 Å². The van der Waals surface area contributed by atoms with E-state index in [0.29, 0.717) is 23.0 Å². The van der Waals surface area contributed by atoms with Gasteiger partial charge in [-0.05, 0) is 31.5 Å². The van der Waals surface area contributed by atoms with Crippen molar-refractivity contribution in [3.05, 3.63) is 41.5 Å². The van der Waals surface area contributed by atoms with E-state index in [9.17, 15) is 17.8 Å². The minimum Gasteiger partial charge on any atom is -0.716 e. The summed E-state index contributed by atoms with van der Waals surface area (Å²) < 4.78 is 37.2. The standard InChI is InChI=1S/C17H26N2O5S/c1-7-16(18-17(20)12(2)3)19(5,6)11-14-10-15(9-8-13(14)4)24-25(21,22)23/h8-10,16H,2,7,11H2,1,3-6H3,(H-,18,20,21,22,23). The quantitative estimate of drug-likeness (QED) is 0.248. The third-order valence-corrected chi connectivity index (χ3v) is 4.41. The third kappa shape index (κ3) is 6.49. The van der Waals surface area contributed by atoms with Crippen LogP contribution in [0.15, 0.2) is 30.4 Å². The number of nitrogens with zero attached hydrogens (tertiary/aromatic N) is 1. The summed E-state index contributed by atoms with van der Waals surface area (Å²) in [6.07, 6.45) is 0.548. The summed E-state index contributed by atoms with van der Waals surface area (Å²) in [5.41, 5.74) is 2.20. The summed E-state index contributed by atoms with van der Waals surface area (Å²) in [6, 6.07) is 4.68. The molecule has 0 saturated heterocycles. The maximum Gasteiger partial charge on any atom is 0.262 e. The van der Waals surface area contributed by atoms with E-state index in [0.717, 1.165) is 11.1 Å². The molecule has 0 spiro atoms. The molecule has 25 heavy (non-hydrogen) atoms. The lowest BCUT2D eigenvalue weighted by atomic mass is 10.1. The van der Waals surface area contributed by atoms with Gasteiger partial charge in [-0.2, -0.15) is 0 Å². The fourth-order valence-corrected chi connectivity index (χ4v) is 2.92. The van der Waals surface area contributed by atoms with Crippen LogP contribution in [0.25, 0.3) is 0 Å². The summed E-state index contributed by atoms with van der Waals surface area (Å²) in [5.74, 6) is -0.223. The predicted octanol–water partition coefficient (Wildman–Crippen LogP) is 1.84. The number of benzene rings is 1. The smallest absolute Gasteiger partial charge is 0.262 e. The van der Waals surface area contributed by atoms with Crippen LogP contribution in [-0.2, 0) is 21.7 Å². The van der Waals surface area contributed by atoms with Crippen LogP contribution < -0.4 is 9.50 Å². The van der Waals surface area contributed by atoms with Gasteiger partial charge in [-0.25, -0.2) is 8.42 Å². The van der Waals surface area contributed by atoms with Gasteiger partial charge in [0.15, 0.2) is 6.17 Å². The Bertz CT molecular complexity index is 756. The molecule has 7 nitrogen and oxygen atoms in total. The number of carbonyl (C=O) groups is 1. The Morgan fingerprint density at radius 2 is 2.00 bits per heavy atom. The van der Waals surface area contributed by atoms with Crippen molar-refractivity contribution >= 4 is 16.3 Å². The molecule has 140 valence electrons. The van der Waals surface area contributed by atoms with Gasteiger partial charge in [-0.3, -0.25) is 4.79 Å². The second-order valence-electron chi connectivity index (χ2n) is 6.69. The van der Waals surface area contributed by atoms with Crippen molar-refractivity contribution in [3.8, 4) is 5.75 Å². The number of nitrogens with one attached hydrogen (secondary N) is 1. The minimum atomic E-state index is -4.82. The highest BCUT2D eigenvalue weighted by Gasteiger charge is 2.29. The Hall–Kier alpha value is -1.90. The van der Waals surface area contributed by atoms with E-state index in [1.807, 2.05) is 27.9 Å². The molecule has 1 atom stereocenters. The van der Waals surface area contributed by atoms with Gasteiger partial charge in [0.1, 0.15) is 12.3 Å². The molecule has 8 heteroatoms. The summed E-state index contributed by atoms with van der Waals surface area (Å²) in [5, 5.41) is 2.96. The van der Waals surface area contributed by atoms with Gasteiger partial charge < -0.3 is 18.5 Å². The number of hydrogen-bond donors (Lipinski definition) is 1. The summed E-state index contributed by atoms with van der Waals surface area (Å²) in [7, 11) is -0.894. The molecule has 1 aromatic carbocycles. The number of quaternary nitrogens is 1. The highest BCUT2D eigenvalue weighted by atomic mass is 32.3. The largest absolute Gasteiger partial charge is 0.716 e. The fraction of sp³-hybridized carbons (Fsp3) is 0.471.